The number of hydrazine groups is 1. The van der Waals surface area contributed by atoms with Crippen LogP contribution in [0.15, 0.2) is 64.7 Å². The Kier molecular flexibility index (Phi) is 4.67. The van der Waals surface area contributed by atoms with Crippen LogP contribution in [0.25, 0.3) is 0 Å². The number of carbonyl (C=O) groups excluding carboxylic acids is 2. The summed E-state index contributed by atoms with van der Waals surface area (Å²) in [4.78, 5) is 30.3. The van der Waals surface area contributed by atoms with Crippen LogP contribution in [0.5, 0.6) is 0 Å². The van der Waals surface area contributed by atoms with Crippen molar-refractivity contribution in [2.75, 3.05) is 0 Å². The van der Waals surface area contributed by atoms with Crippen molar-refractivity contribution in [2.24, 2.45) is 5.73 Å². The minimum atomic E-state index is -0.484. The average molecular weight is 391 g/mol. The zero-order chi connectivity index (χ0) is 19.7. The monoisotopic (exact) mass is 391 g/mol. The van der Waals surface area contributed by atoms with Gasteiger partial charge in [-0.25, -0.2) is 5.01 Å². The maximum absolute atomic E-state index is 12.8. The third-order valence-electron chi connectivity index (χ3n) is 4.90. The van der Waals surface area contributed by atoms with Crippen molar-refractivity contribution in [3.05, 3.63) is 75.1 Å². The van der Waals surface area contributed by atoms with E-state index in [1.807, 2.05) is 17.5 Å². The number of nitrogens with zero attached hydrogens (tertiary/aromatic N) is 3. The van der Waals surface area contributed by atoms with E-state index in [4.69, 9.17) is 5.73 Å². The molecule has 0 saturated heterocycles. The van der Waals surface area contributed by atoms with Crippen molar-refractivity contribution in [1.29, 1.82) is 5.26 Å². The molecule has 0 radical (unpaired) electrons. The second-order valence-corrected chi connectivity index (χ2v) is 7.49. The molecular formula is C20H17N5O2S. The molecule has 28 heavy (non-hydrogen) atoms. The van der Waals surface area contributed by atoms with E-state index in [1.54, 1.807) is 12.1 Å². The van der Waals surface area contributed by atoms with E-state index in [9.17, 15) is 14.9 Å². The van der Waals surface area contributed by atoms with Crippen LogP contribution in [0.4, 0.5) is 0 Å². The van der Waals surface area contributed by atoms with Gasteiger partial charge in [0.2, 0.25) is 0 Å². The Morgan fingerprint density at radius 1 is 1.32 bits per heavy atom. The zero-order valence-corrected chi connectivity index (χ0v) is 15.7. The summed E-state index contributed by atoms with van der Waals surface area (Å²) in [5.74, 6) is -0.733. The van der Waals surface area contributed by atoms with E-state index in [2.05, 4.69) is 16.5 Å². The predicted octanol–water partition coefficient (Wildman–Crippen LogP) is 2.59. The second kappa shape index (κ2) is 7.29. The van der Waals surface area contributed by atoms with Crippen LogP contribution < -0.4 is 11.2 Å². The van der Waals surface area contributed by atoms with Crippen molar-refractivity contribution in [3.63, 3.8) is 0 Å². The number of rotatable bonds is 3. The van der Waals surface area contributed by atoms with Gasteiger partial charge in [0.05, 0.1) is 23.3 Å². The quantitative estimate of drug-likeness (QED) is 0.832. The Morgan fingerprint density at radius 2 is 2.11 bits per heavy atom. The van der Waals surface area contributed by atoms with Gasteiger partial charge in [-0.15, -0.1) is 11.3 Å². The van der Waals surface area contributed by atoms with Gasteiger partial charge in [0.1, 0.15) is 5.82 Å². The fraction of sp³-hybridized carbons (Fsp3) is 0.200. The highest BCUT2D eigenvalue weighted by Crippen LogP contribution is 2.45. The first-order valence-electron chi connectivity index (χ1n) is 8.82. The Hall–Kier alpha value is -3.44. The first-order chi connectivity index (χ1) is 13.6. The molecule has 3 heterocycles. The number of Topliss-reactive ketones (excluding diaryl/α,β-unsaturated/α-hetero) is 1. The molecule has 1 aliphatic carbocycles. The number of allylic oxidation sites excluding steroid dienone is 3. The highest BCUT2D eigenvalue weighted by molar-refractivity contribution is 7.10. The number of nitriles is 1. The summed E-state index contributed by atoms with van der Waals surface area (Å²) in [6.45, 7) is 0. The molecule has 2 aromatic rings. The molecule has 1 aliphatic heterocycles. The van der Waals surface area contributed by atoms with Crippen LogP contribution >= 0.6 is 11.3 Å². The first kappa shape index (κ1) is 17.9. The van der Waals surface area contributed by atoms with E-state index in [0.717, 1.165) is 4.88 Å². The summed E-state index contributed by atoms with van der Waals surface area (Å²) >= 11 is 1.48. The Labute approximate surface area is 165 Å². The van der Waals surface area contributed by atoms with Gasteiger partial charge < -0.3 is 5.73 Å². The summed E-state index contributed by atoms with van der Waals surface area (Å²) in [6, 6.07) is 9.11. The van der Waals surface area contributed by atoms with Gasteiger partial charge in [0.15, 0.2) is 5.78 Å². The highest BCUT2D eigenvalue weighted by atomic mass is 32.1. The lowest BCUT2D eigenvalue weighted by Gasteiger charge is -2.38. The lowest BCUT2D eigenvalue weighted by Crippen LogP contribution is -2.48. The molecule has 2 aromatic heterocycles. The first-order valence-corrected chi connectivity index (χ1v) is 9.70. The minimum Gasteiger partial charge on any atom is -0.383 e. The maximum atomic E-state index is 12.8. The van der Waals surface area contributed by atoms with Gasteiger partial charge in [0.25, 0.3) is 5.91 Å². The van der Waals surface area contributed by atoms with Crippen molar-refractivity contribution in [2.45, 2.75) is 25.2 Å². The maximum Gasteiger partial charge on any atom is 0.270 e. The molecule has 1 amide bonds. The third-order valence-corrected chi connectivity index (χ3v) is 5.83. The normalized spacial score (nSPS) is 19.3. The Balaban J connectivity index is 1.80. The van der Waals surface area contributed by atoms with E-state index in [0.29, 0.717) is 36.1 Å². The zero-order valence-electron chi connectivity index (χ0n) is 14.9. The van der Waals surface area contributed by atoms with Crippen molar-refractivity contribution >= 4 is 23.0 Å². The van der Waals surface area contributed by atoms with Crippen LogP contribution in [0.3, 0.4) is 0 Å². The predicted molar refractivity (Wildman–Crippen MR) is 103 cm³/mol. The number of pyridine rings is 1. The number of carbonyl (C=O) groups is 2. The smallest absolute Gasteiger partial charge is 0.270 e. The number of thiophene rings is 1. The number of hydrogen-bond acceptors (Lipinski definition) is 7. The van der Waals surface area contributed by atoms with Crippen molar-refractivity contribution < 1.29 is 9.59 Å². The van der Waals surface area contributed by atoms with Gasteiger partial charge in [-0.1, -0.05) is 6.07 Å². The van der Waals surface area contributed by atoms with E-state index in [1.165, 1.54) is 28.7 Å². The summed E-state index contributed by atoms with van der Waals surface area (Å²) in [6.07, 6.45) is 4.73. The van der Waals surface area contributed by atoms with Crippen LogP contribution in [-0.4, -0.2) is 21.7 Å². The van der Waals surface area contributed by atoms with Crippen LogP contribution in [0.1, 0.15) is 40.4 Å². The fourth-order valence-electron chi connectivity index (χ4n) is 3.62. The molecule has 1 unspecified atom stereocenters. The lowest BCUT2D eigenvalue weighted by atomic mass is 9.79. The molecule has 8 heteroatoms. The molecular weight excluding hydrogens is 374 g/mol. The largest absolute Gasteiger partial charge is 0.383 e. The van der Waals surface area contributed by atoms with E-state index >= 15 is 0 Å². The summed E-state index contributed by atoms with van der Waals surface area (Å²) in [5.41, 5.74) is 11.0. The van der Waals surface area contributed by atoms with Gasteiger partial charge in [-0.3, -0.25) is 20.0 Å². The number of hydrogen-bond donors (Lipinski definition) is 2. The summed E-state index contributed by atoms with van der Waals surface area (Å²) in [7, 11) is 0. The van der Waals surface area contributed by atoms with Crippen molar-refractivity contribution in [3.8, 4) is 6.07 Å². The van der Waals surface area contributed by atoms with Crippen LogP contribution in [-0.2, 0) is 4.79 Å². The number of ketones is 1. The van der Waals surface area contributed by atoms with Gasteiger partial charge in [-0.2, -0.15) is 5.26 Å². The molecule has 0 saturated carbocycles. The molecule has 4 rings (SSSR count). The van der Waals surface area contributed by atoms with Crippen LogP contribution in [0.2, 0.25) is 0 Å². The van der Waals surface area contributed by atoms with E-state index in [-0.39, 0.29) is 23.1 Å². The average Bonchev–Trinajstić information content (AvgIpc) is 3.25. The molecule has 3 N–H and O–H groups in total. The number of amides is 1. The van der Waals surface area contributed by atoms with Gasteiger partial charge in [-0.05, 0) is 36.4 Å². The second-order valence-electron chi connectivity index (χ2n) is 6.51. The van der Waals surface area contributed by atoms with Crippen LogP contribution in [0, 0.1) is 11.3 Å². The Morgan fingerprint density at radius 3 is 2.79 bits per heavy atom. The molecule has 140 valence electrons. The Bertz CT molecular complexity index is 1030. The molecule has 0 bridgehead atoms. The molecule has 0 aromatic carbocycles. The summed E-state index contributed by atoms with van der Waals surface area (Å²) < 4.78 is 0. The van der Waals surface area contributed by atoms with Gasteiger partial charge in [0, 0.05) is 34.8 Å². The number of aromatic nitrogens is 1. The van der Waals surface area contributed by atoms with Gasteiger partial charge >= 0.3 is 0 Å². The van der Waals surface area contributed by atoms with Crippen molar-refractivity contribution in [1.82, 2.24) is 15.4 Å². The number of nitrogens with one attached hydrogen (secondary N) is 1. The summed E-state index contributed by atoms with van der Waals surface area (Å²) in [5, 5.41) is 13.1. The minimum absolute atomic E-state index is 0.0111. The topological polar surface area (TPSA) is 112 Å². The molecule has 2 aliphatic rings. The lowest BCUT2D eigenvalue weighted by molar-refractivity contribution is -0.116. The molecule has 0 fully saturated rings. The SMILES string of the molecule is N#CC1=C(N)N(NC(=O)c2ccncc2)C2=C(C(=O)CCC2)C1c1cccs1. The highest BCUT2D eigenvalue weighted by Gasteiger charge is 2.40. The fourth-order valence-corrected chi connectivity index (χ4v) is 4.47. The number of nitrogens with two attached hydrogens (primary N) is 1. The van der Waals surface area contributed by atoms with E-state index < -0.39 is 5.92 Å². The molecule has 0 spiro atoms. The molecule has 1 atom stereocenters. The standard InChI is InChI=1S/C20H17N5O2S/c21-11-13-17(16-5-2-10-28-16)18-14(3-1-4-15(18)26)25(19(13)22)24-20(27)12-6-8-23-9-7-12/h2,5-10,17H,1,3-4,22H2,(H,24,27). The molecule has 7 nitrogen and oxygen atoms in total. The third kappa shape index (κ3) is 2.96.